The van der Waals surface area contributed by atoms with Gasteiger partial charge < -0.3 is 9.88 Å². The lowest BCUT2D eigenvalue weighted by atomic mass is 10.0. The highest BCUT2D eigenvalue weighted by molar-refractivity contribution is 5.62. The second kappa shape index (κ2) is 6.71. The molecule has 1 N–H and O–H groups in total. The molecule has 0 unspecified atom stereocenters. The van der Waals surface area contributed by atoms with E-state index in [1.807, 2.05) is 10.6 Å². The summed E-state index contributed by atoms with van der Waals surface area (Å²) in [5.41, 5.74) is 5.80. The second-order valence-electron chi connectivity index (χ2n) is 6.63. The van der Waals surface area contributed by atoms with Gasteiger partial charge in [0.2, 0.25) is 0 Å². The first-order valence-corrected chi connectivity index (χ1v) is 8.64. The Bertz CT molecular complexity index is 757. The van der Waals surface area contributed by atoms with Crippen LogP contribution in [0.25, 0.3) is 11.3 Å². The number of rotatable bonds is 6. The molecule has 1 aliphatic rings. The standard InChI is InChI=1S/C20H26N2O/c1-4-11-21-13-17-7-10-19(22(20(17)23)18-8-9-18)16-6-5-14(2)15(3)12-16/h5-7,10,12,18,21H,4,8-9,11,13H2,1-3H3. The maximum atomic E-state index is 12.9. The van der Waals surface area contributed by atoms with Crippen LogP contribution in [0.3, 0.4) is 0 Å². The quantitative estimate of drug-likeness (QED) is 0.819. The lowest BCUT2D eigenvalue weighted by molar-refractivity contribution is 0.649. The first kappa shape index (κ1) is 16.0. The minimum Gasteiger partial charge on any atom is -0.312 e. The van der Waals surface area contributed by atoms with Gasteiger partial charge in [0, 0.05) is 18.2 Å². The Morgan fingerprint density at radius 2 is 1.91 bits per heavy atom. The fourth-order valence-corrected chi connectivity index (χ4v) is 2.96. The molecule has 0 atom stereocenters. The Kier molecular flexibility index (Phi) is 4.67. The van der Waals surface area contributed by atoms with Gasteiger partial charge in [-0.15, -0.1) is 0 Å². The number of nitrogens with zero attached hydrogens (tertiary/aromatic N) is 1. The SMILES string of the molecule is CCCNCc1ccc(-c2ccc(C)c(C)c2)n(C2CC2)c1=O. The summed E-state index contributed by atoms with van der Waals surface area (Å²) in [6.07, 6.45) is 3.31. The molecule has 0 bridgehead atoms. The minimum absolute atomic E-state index is 0.173. The summed E-state index contributed by atoms with van der Waals surface area (Å²) in [5, 5.41) is 3.34. The summed E-state index contributed by atoms with van der Waals surface area (Å²) in [4.78, 5) is 12.9. The van der Waals surface area contributed by atoms with Gasteiger partial charge in [-0.2, -0.15) is 0 Å². The minimum atomic E-state index is 0.173. The van der Waals surface area contributed by atoms with E-state index >= 15 is 0 Å². The maximum absolute atomic E-state index is 12.9. The van der Waals surface area contributed by atoms with E-state index in [4.69, 9.17) is 0 Å². The van der Waals surface area contributed by atoms with Crippen molar-refractivity contribution in [2.75, 3.05) is 6.54 Å². The van der Waals surface area contributed by atoms with E-state index < -0.39 is 0 Å². The van der Waals surface area contributed by atoms with Crippen LogP contribution in [0.2, 0.25) is 0 Å². The van der Waals surface area contributed by atoms with Gasteiger partial charge in [-0.05, 0) is 68.5 Å². The molecule has 0 saturated heterocycles. The molecule has 1 heterocycles. The van der Waals surface area contributed by atoms with Crippen molar-refractivity contribution in [1.82, 2.24) is 9.88 Å². The Hall–Kier alpha value is -1.87. The van der Waals surface area contributed by atoms with Crippen molar-refractivity contribution in [3.8, 4) is 11.3 Å². The normalized spacial score (nSPS) is 14.2. The lowest BCUT2D eigenvalue weighted by Crippen LogP contribution is -2.28. The van der Waals surface area contributed by atoms with E-state index in [9.17, 15) is 4.79 Å². The summed E-state index contributed by atoms with van der Waals surface area (Å²) in [6.45, 7) is 7.99. The Morgan fingerprint density at radius 3 is 2.57 bits per heavy atom. The van der Waals surface area contributed by atoms with Crippen molar-refractivity contribution in [2.24, 2.45) is 0 Å². The van der Waals surface area contributed by atoms with Gasteiger partial charge >= 0.3 is 0 Å². The molecule has 0 spiro atoms. The molecule has 1 saturated carbocycles. The summed E-state index contributed by atoms with van der Waals surface area (Å²) in [6, 6.07) is 11.0. The van der Waals surface area contributed by atoms with Crippen LogP contribution in [0, 0.1) is 13.8 Å². The third-order valence-electron chi connectivity index (χ3n) is 4.65. The molecule has 3 rings (SSSR count). The van der Waals surface area contributed by atoms with Crippen molar-refractivity contribution in [3.63, 3.8) is 0 Å². The van der Waals surface area contributed by atoms with E-state index in [1.54, 1.807) is 0 Å². The van der Waals surface area contributed by atoms with Crippen LogP contribution in [0.15, 0.2) is 35.1 Å². The molecule has 3 nitrogen and oxygen atoms in total. The molecule has 0 aliphatic heterocycles. The van der Waals surface area contributed by atoms with Crippen LogP contribution < -0.4 is 10.9 Å². The van der Waals surface area contributed by atoms with Crippen LogP contribution in [0.1, 0.15) is 48.9 Å². The fraction of sp³-hybridized carbons (Fsp3) is 0.450. The highest BCUT2D eigenvalue weighted by Gasteiger charge is 2.27. The monoisotopic (exact) mass is 310 g/mol. The number of hydrogen-bond donors (Lipinski definition) is 1. The molecular weight excluding hydrogens is 284 g/mol. The summed E-state index contributed by atoms with van der Waals surface area (Å²) < 4.78 is 2.02. The predicted octanol–water partition coefficient (Wildman–Crippen LogP) is 3.97. The largest absolute Gasteiger partial charge is 0.312 e. The van der Waals surface area contributed by atoms with Gasteiger partial charge in [-0.3, -0.25) is 4.79 Å². The predicted molar refractivity (Wildman–Crippen MR) is 95.9 cm³/mol. The summed E-state index contributed by atoms with van der Waals surface area (Å²) in [7, 11) is 0. The number of aryl methyl sites for hydroxylation is 2. The topological polar surface area (TPSA) is 34.0 Å². The maximum Gasteiger partial charge on any atom is 0.255 e. The van der Waals surface area contributed by atoms with Crippen molar-refractivity contribution < 1.29 is 0 Å². The van der Waals surface area contributed by atoms with Crippen molar-refractivity contribution in [1.29, 1.82) is 0 Å². The highest BCUT2D eigenvalue weighted by Crippen LogP contribution is 2.37. The van der Waals surface area contributed by atoms with Gasteiger partial charge in [-0.25, -0.2) is 0 Å². The average molecular weight is 310 g/mol. The van der Waals surface area contributed by atoms with Gasteiger partial charge in [0.15, 0.2) is 0 Å². The zero-order valence-corrected chi connectivity index (χ0v) is 14.4. The molecule has 1 aliphatic carbocycles. The first-order valence-electron chi connectivity index (χ1n) is 8.64. The molecule has 0 radical (unpaired) electrons. The van der Waals surface area contributed by atoms with Gasteiger partial charge in [0.05, 0.1) is 5.69 Å². The zero-order chi connectivity index (χ0) is 16.4. The highest BCUT2D eigenvalue weighted by atomic mass is 16.1. The molecular formula is C20H26N2O. The molecule has 2 aromatic rings. The average Bonchev–Trinajstić information content (AvgIpc) is 3.36. The van der Waals surface area contributed by atoms with Crippen LogP contribution >= 0.6 is 0 Å². The van der Waals surface area contributed by atoms with Crippen LogP contribution in [0.4, 0.5) is 0 Å². The molecule has 1 fully saturated rings. The summed E-state index contributed by atoms with van der Waals surface area (Å²) in [5.74, 6) is 0. The second-order valence-corrected chi connectivity index (χ2v) is 6.63. The number of hydrogen-bond acceptors (Lipinski definition) is 2. The number of nitrogens with one attached hydrogen (secondary N) is 1. The van der Waals surface area contributed by atoms with Gasteiger partial charge in [0.1, 0.15) is 0 Å². The smallest absolute Gasteiger partial charge is 0.255 e. The molecule has 3 heteroatoms. The van der Waals surface area contributed by atoms with E-state index in [0.717, 1.165) is 42.6 Å². The number of pyridine rings is 1. The van der Waals surface area contributed by atoms with Gasteiger partial charge in [-0.1, -0.05) is 25.1 Å². The van der Waals surface area contributed by atoms with E-state index in [1.165, 1.54) is 11.1 Å². The molecule has 23 heavy (non-hydrogen) atoms. The van der Waals surface area contributed by atoms with Crippen molar-refractivity contribution >= 4 is 0 Å². The van der Waals surface area contributed by atoms with Crippen molar-refractivity contribution in [2.45, 2.75) is 52.6 Å². The molecule has 1 aromatic carbocycles. The Balaban J connectivity index is 2.02. The van der Waals surface area contributed by atoms with Crippen LogP contribution in [-0.2, 0) is 6.54 Å². The van der Waals surface area contributed by atoms with E-state index in [-0.39, 0.29) is 5.56 Å². The van der Waals surface area contributed by atoms with E-state index in [0.29, 0.717) is 12.6 Å². The zero-order valence-electron chi connectivity index (χ0n) is 14.4. The fourth-order valence-electron chi connectivity index (χ4n) is 2.96. The number of benzene rings is 1. The summed E-state index contributed by atoms with van der Waals surface area (Å²) >= 11 is 0. The van der Waals surface area contributed by atoms with Crippen LogP contribution in [0.5, 0.6) is 0 Å². The number of aromatic nitrogens is 1. The third kappa shape index (κ3) is 3.40. The first-order chi connectivity index (χ1) is 11.1. The molecule has 1 aromatic heterocycles. The Labute approximate surface area is 138 Å². The third-order valence-corrected chi connectivity index (χ3v) is 4.65. The van der Waals surface area contributed by atoms with Crippen LogP contribution in [-0.4, -0.2) is 11.1 Å². The molecule has 122 valence electrons. The Morgan fingerprint density at radius 1 is 1.13 bits per heavy atom. The van der Waals surface area contributed by atoms with Gasteiger partial charge in [0.25, 0.3) is 5.56 Å². The molecule has 0 amide bonds. The van der Waals surface area contributed by atoms with Crippen molar-refractivity contribution in [3.05, 3.63) is 57.4 Å². The lowest BCUT2D eigenvalue weighted by Gasteiger charge is -2.15. The van der Waals surface area contributed by atoms with E-state index in [2.05, 4.69) is 50.4 Å².